The molecule has 0 aromatic heterocycles. The summed E-state index contributed by atoms with van der Waals surface area (Å²) in [6.45, 7) is 4.96. The summed E-state index contributed by atoms with van der Waals surface area (Å²) in [4.78, 5) is 16.9. The monoisotopic (exact) mass is 223 g/mol. The normalized spacial score (nSPS) is 33.1. The van der Waals surface area contributed by atoms with Crippen LogP contribution in [0.25, 0.3) is 0 Å². The van der Waals surface area contributed by atoms with Crippen LogP contribution in [0.3, 0.4) is 0 Å². The molecule has 4 nitrogen and oxygen atoms in total. The Morgan fingerprint density at radius 3 is 2.75 bits per heavy atom. The Hall–Kier alpha value is -0.610. The van der Waals surface area contributed by atoms with Crippen LogP contribution in [0.15, 0.2) is 0 Å². The number of piperazine rings is 2. The third kappa shape index (κ3) is 1.74. The lowest BCUT2D eigenvalue weighted by atomic mass is 10.1. The van der Waals surface area contributed by atoms with Crippen molar-refractivity contribution in [2.45, 2.75) is 37.8 Å². The molecule has 2 aliphatic heterocycles. The molecule has 1 N–H and O–H groups in total. The lowest BCUT2D eigenvalue weighted by molar-refractivity contribution is -0.145. The van der Waals surface area contributed by atoms with E-state index in [1.807, 2.05) is 0 Å². The number of amides is 1. The van der Waals surface area contributed by atoms with Crippen molar-refractivity contribution >= 4 is 5.91 Å². The van der Waals surface area contributed by atoms with Gasteiger partial charge in [0.15, 0.2) is 0 Å². The second-order valence-corrected chi connectivity index (χ2v) is 5.23. The van der Waals surface area contributed by atoms with Crippen LogP contribution in [0, 0.1) is 0 Å². The van der Waals surface area contributed by atoms with E-state index in [0.717, 1.165) is 32.7 Å². The summed E-state index contributed by atoms with van der Waals surface area (Å²) < 4.78 is 0. The number of hydrogen-bond acceptors (Lipinski definition) is 3. The molecular formula is C12H21N3O. The quantitative estimate of drug-likeness (QED) is 0.682. The van der Waals surface area contributed by atoms with Crippen molar-refractivity contribution in [2.75, 3.05) is 32.7 Å². The van der Waals surface area contributed by atoms with E-state index in [4.69, 9.17) is 0 Å². The van der Waals surface area contributed by atoms with Crippen LogP contribution in [0.4, 0.5) is 0 Å². The summed E-state index contributed by atoms with van der Waals surface area (Å²) in [6.07, 6.45) is 5.07. The van der Waals surface area contributed by atoms with Crippen LogP contribution in [-0.2, 0) is 4.79 Å². The van der Waals surface area contributed by atoms with Gasteiger partial charge in [0, 0.05) is 38.8 Å². The molecular weight excluding hydrogens is 202 g/mol. The standard InChI is InChI=1S/C12H21N3O/c16-12-11-9-13-5-6-14(11)7-8-15(12)10-3-1-2-4-10/h10-11,13H,1-9H2. The third-order valence-corrected chi connectivity index (χ3v) is 4.32. The molecule has 1 amide bonds. The zero-order chi connectivity index (χ0) is 11.0. The minimum Gasteiger partial charge on any atom is -0.337 e. The molecule has 1 saturated carbocycles. The van der Waals surface area contributed by atoms with Crippen LogP contribution in [-0.4, -0.2) is 60.5 Å². The molecule has 1 aliphatic carbocycles. The number of carbonyl (C=O) groups excluding carboxylic acids is 1. The van der Waals surface area contributed by atoms with E-state index in [0.29, 0.717) is 11.9 Å². The maximum absolute atomic E-state index is 12.4. The Bertz CT molecular complexity index is 275. The van der Waals surface area contributed by atoms with Crippen LogP contribution in [0.1, 0.15) is 25.7 Å². The van der Waals surface area contributed by atoms with Crippen LogP contribution in [0.2, 0.25) is 0 Å². The predicted molar refractivity (Wildman–Crippen MR) is 62.2 cm³/mol. The average molecular weight is 223 g/mol. The molecule has 2 heterocycles. The zero-order valence-electron chi connectivity index (χ0n) is 9.82. The summed E-state index contributed by atoms with van der Waals surface area (Å²) in [5.74, 6) is 0.380. The number of rotatable bonds is 1. The maximum atomic E-state index is 12.4. The molecule has 0 bridgehead atoms. The minimum absolute atomic E-state index is 0.128. The Kier molecular flexibility index (Phi) is 2.86. The van der Waals surface area contributed by atoms with Gasteiger partial charge in [-0.1, -0.05) is 12.8 Å². The largest absolute Gasteiger partial charge is 0.337 e. The molecule has 90 valence electrons. The van der Waals surface area contributed by atoms with Gasteiger partial charge >= 0.3 is 0 Å². The Balaban J connectivity index is 1.70. The van der Waals surface area contributed by atoms with Gasteiger partial charge in [-0.3, -0.25) is 9.69 Å². The summed E-state index contributed by atoms with van der Waals surface area (Å²) in [5, 5.41) is 3.34. The van der Waals surface area contributed by atoms with Gasteiger partial charge in [-0.15, -0.1) is 0 Å². The molecule has 1 unspecified atom stereocenters. The van der Waals surface area contributed by atoms with Gasteiger partial charge in [-0.2, -0.15) is 0 Å². The molecule has 3 rings (SSSR count). The summed E-state index contributed by atoms with van der Waals surface area (Å²) in [5.41, 5.74) is 0. The van der Waals surface area contributed by atoms with Gasteiger partial charge in [0.2, 0.25) is 5.91 Å². The van der Waals surface area contributed by atoms with E-state index >= 15 is 0 Å². The lowest BCUT2D eigenvalue weighted by Crippen LogP contribution is -2.65. The Labute approximate surface area is 97.0 Å². The minimum atomic E-state index is 0.128. The highest BCUT2D eigenvalue weighted by molar-refractivity contribution is 5.83. The van der Waals surface area contributed by atoms with Crippen molar-refractivity contribution < 1.29 is 4.79 Å². The first-order chi connectivity index (χ1) is 7.86. The van der Waals surface area contributed by atoms with E-state index < -0.39 is 0 Å². The van der Waals surface area contributed by atoms with E-state index in [1.54, 1.807) is 0 Å². The molecule has 0 aromatic rings. The average Bonchev–Trinajstić information content (AvgIpc) is 2.83. The molecule has 0 spiro atoms. The van der Waals surface area contributed by atoms with Crippen molar-refractivity contribution in [2.24, 2.45) is 0 Å². The van der Waals surface area contributed by atoms with Gasteiger partial charge in [0.25, 0.3) is 0 Å². The van der Waals surface area contributed by atoms with Crippen molar-refractivity contribution in [3.05, 3.63) is 0 Å². The first-order valence-corrected chi connectivity index (χ1v) is 6.61. The van der Waals surface area contributed by atoms with Crippen molar-refractivity contribution in [3.8, 4) is 0 Å². The summed E-state index contributed by atoms with van der Waals surface area (Å²) >= 11 is 0. The third-order valence-electron chi connectivity index (χ3n) is 4.32. The molecule has 1 atom stereocenters. The summed E-state index contributed by atoms with van der Waals surface area (Å²) in [6, 6.07) is 0.680. The molecule has 2 saturated heterocycles. The van der Waals surface area contributed by atoms with Crippen molar-refractivity contribution in [1.29, 1.82) is 0 Å². The smallest absolute Gasteiger partial charge is 0.241 e. The summed E-state index contributed by atoms with van der Waals surface area (Å²) in [7, 11) is 0. The number of hydrogen-bond donors (Lipinski definition) is 1. The molecule has 3 fully saturated rings. The maximum Gasteiger partial charge on any atom is 0.241 e. The first kappa shape index (κ1) is 10.5. The number of carbonyl (C=O) groups is 1. The van der Waals surface area contributed by atoms with Gasteiger partial charge in [-0.05, 0) is 12.8 Å². The van der Waals surface area contributed by atoms with E-state index in [9.17, 15) is 4.79 Å². The van der Waals surface area contributed by atoms with Crippen LogP contribution >= 0.6 is 0 Å². The van der Waals surface area contributed by atoms with E-state index in [-0.39, 0.29) is 6.04 Å². The number of nitrogens with one attached hydrogen (secondary N) is 1. The van der Waals surface area contributed by atoms with Crippen LogP contribution in [0.5, 0.6) is 0 Å². The highest BCUT2D eigenvalue weighted by Gasteiger charge is 2.39. The highest BCUT2D eigenvalue weighted by atomic mass is 16.2. The van der Waals surface area contributed by atoms with Gasteiger partial charge in [-0.25, -0.2) is 0 Å². The second kappa shape index (κ2) is 4.34. The molecule has 16 heavy (non-hydrogen) atoms. The fraction of sp³-hybridized carbons (Fsp3) is 0.917. The SMILES string of the molecule is O=C1C2CNCCN2CCN1C1CCCC1. The fourth-order valence-electron chi connectivity index (χ4n) is 3.37. The van der Waals surface area contributed by atoms with E-state index in [2.05, 4.69) is 15.1 Å². The lowest BCUT2D eigenvalue weighted by Gasteiger charge is -2.45. The highest BCUT2D eigenvalue weighted by Crippen LogP contribution is 2.26. The van der Waals surface area contributed by atoms with E-state index in [1.165, 1.54) is 25.7 Å². The molecule has 0 radical (unpaired) electrons. The second-order valence-electron chi connectivity index (χ2n) is 5.23. The molecule has 0 aromatic carbocycles. The molecule has 3 aliphatic rings. The van der Waals surface area contributed by atoms with Gasteiger partial charge < -0.3 is 10.2 Å². The number of nitrogens with zero attached hydrogens (tertiary/aromatic N) is 2. The van der Waals surface area contributed by atoms with Crippen molar-refractivity contribution in [3.63, 3.8) is 0 Å². The molecule has 4 heteroatoms. The zero-order valence-corrected chi connectivity index (χ0v) is 9.82. The van der Waals surface area contributed by atoms with Gasteiger partial charge in [0.1, 0.15) is 6.04 Å². The Morgan fingerprint density at radius 2 is 1.94 bits per heavy atom. The van der Waals surface area contributed by atoms with Crippen molar-refractivity contribution in [1.82, 2.24) is 15.1 Å². The predicted octanol–water partition coefficient (Wildman–Crippen LogP) is 0.0450. The fourth-order valence-corrected chi connectivity index (χ4v) is 3.37. The topological polar surface area (TPSA) is 35.6 Å². The van der Waals surface area contributed by atoms with Crippen LogP contribution < -0.4 is 5.32 Å². The van der Waals surface area contributed by atoms with Gasteiger partial charge in [0.05, 0.1) is 0 Å². The number of fused-ring (bicyclic) bond motifs is 1. The Morgan fingerprint density at radius 1 is 1.12 bits per heavy atom. The first-order valence-electron chi connectivity index (χ1n) is 6.61.